The normalized spacial score (nSPS) is 11.6. The molecule has 0 fully saturated rings. The smallest absolute Gasteiger partial charge is 0.250 e. The van der Waals surface area contributed by atoms with Crippen LogP contribution in [0.25, 0.3) is 21.5 Å². The molecule has 4 N–H and O–H groups in total. The molecule has 28 heavy (non-hydrogen) atoms. The van der Waals surface area contributed by atoms with Gasteiger partial charge in [0.15, 0.2) is 0 Å². The molecule has 1 aliphatic rings. The lowest BCUT2D eigenvalue weighted by Gasteiger charge is -2.00. The largest absolute Gasteiger partial charge is 0.400 e. The minimum Gasteiger partial charge on any atom is -0.400 e. The van der Waals surface area contributed by atoms with Crippen molar-refractivity contribution < 1.29 is 14.7 Å². The van der Waals surface area contributed by atoms with Crippen molar-refractivity contribution in [3.63, 3.8) is 0 Å². The lowest BCUT2D eigenvalue weighted by atomic mass is 10.0. The van der Waals surface area contributed by atoms with Gasteiger partial charge in [0, 0.05) is 19.3 Å². The van der Waals surface area contributed by atoms with E-state index in [1.54, 1.807) is 0 Å². The van der Waals surface area contributed by atoms with Gasteiger partial charge in [-0.15, -0.1) is 0 Å². The van der Waals surface area contributed by atoms with Gasteiger partial charge < -0.3 is 10.8 Å². The number of unbranched alkanes of at least 4 members (excludes halogenated alkanes) is 1. The Hall–Kier alpha value is -3.02. The summed E-state index contributed by atoms with van der Waals surface area (Å²) in [7, 11) is 1.00. The third-order valence-corrected chi connectivity index (χ3v) is 3.80. The van der Waals surface area contributed by atoms with Gasteiger partial charge in [0.1, 0.15) is 0 Å². The first-order chi connectivity index (χ1) is 13.6. The predicted octanol–water partition coefficient (Wildman–Crippen LogP) is 3.55. The zero-order valence-corrected chi connectivity index (χ0v) is 16.4. The van der Waals surface area contributed by atoms with Crippen LogP contribution in [0.2, 0.25) is 0 Å². The van der Waals surface area contributed by atoms with Crippen molar-refractivity contribution in [2.24, 2.45) is 5.73 Å². The number of nitrogens with one attached hydrogen (secondary N) is 1. The number of imide groups is 1. The zero-order chi connectivity index (χ0) is 20.8. The summed E-state index contributed by atoms with van der Waals surface area (Å²) in [5.41, 5.74) is 5.14. The predicted molar refractivity (Wildman–Crippen MR) is 116 cm³/mol. The van der Waals surface area contributed by atoms with Crippen LogP contribution < -0.4 is 11.1 Å². The van der Waals surface area contributed by atoms with Gasteiger partial charge in [-0.1, -0.05) is 61.9 Å². The van der Waals surface area contributed by atoms with E-state index in [0.29, 0.717) is 0 Å². The van der Waals surface area contributed by atoms with Gasteiger partial charge >= 0.3 is 0 Å². The second-order valence-corrected chi connectivity index (χ2v) is 5.88. The Morgan fingerprint density at radius 2 is 1.14 bits per heavy atom. The Morgan fingerprint density at radius 3 is 1.32 bits per heavy atom. The van der Waals surface area contributed by atoms with E-state index in [-0.39, 0.29) is 11.8 Å². The van der Waals surface area contributed by atoms with Crippen molar-refractivity contribution in [1.29, 1.82) is 0 Å². The summed E-state index contributed by atoms with van der Waals surface area (Å²) in [5.74, 6) is -0.657. The zero-order valence-electron chi connectivity index (χ0n) is 16.4. The van der Waals surface area contributed by atoms with E-state index in [9.17, 15) is 9.59 Å². The standard InChI is InChI=1S/C14H10.C4H3NO2.C4H11N.CH4O/c1-2-6-12-10-14-8-4-3-7-13(14)9-11(12)5-1;6-3-1-2-4(7)5-3;1-2-3-4-5;1-2/h1-10H;1-2H,(H,5,6,7);2-5H2,1H3;2H,1H3. The molecule has 0 saturated carbocycles. The summed E-state index contributed by atoms with van der Waals surface area (Å²) >= 11 is 0. The second-order valence-electron chi connectivity index (χ2n) is 5.88. The highest BCUT2D eigenvalue weighted by molar-refractivity contribution is 6.12. The second kappa shape index (κ2) is 13.2. The van der Waals surface area contributed by atoms with Crippen molar-refractivity contribution in [1.82, 2.24) is 5.32 Å². The van der Waals surface area contributed by atoms with Crippen molar-refractivity contribution in [3.8, 4) is 0 Å². The molecule has 3 aromatic carbocycles. The number of hydrogen-bond donors (Lipinski definition) is 3. The number of carbonyl (C=O) groups is 2. The number of amides is 2. The summed E-state index contributed by atoms with van der Waals surface area (Å²) in [6.07, 6.45) is 4.78. The molecule has 0 spiro atoms. The fourth-order valence-corrected chi connectivity index (χ4v) is 2.44. The lowest BCUT2D eigenvalue weighted by Crippen LogP contribution is -2.19. The topological polar surface area (TPSA) is 92.4 Å². The van der Waals surface area contributed by atoms with E-state index in [0.717, 1.165) is 13.7 Å². The third-order valence-electron chi connectivity index (χ3n) is 3.80. The van der Waals surface area contributed by atoms with Crippen molar-refractivity contribution in [2.75, 3.05) is 13.7 Å². The van der Waals surface area contributed by atoms with Crippen molar-refractivity contribution >= 4 is 33.4 Å². The van der Waals surface area contributed by atoms with Crippen molar-refractivity contribution in [3.05, 3.63) is 72.8 Å². The number of carbonyl (C=O) groups excluding carboxylic acids is 2. The monoisotopic (exact) mass is 380 g/mol. The van der Waals surface area contributed by atoms with Crippen LogP contribution in [-0.4, -0.2) is 30.6 Å². The molecule has 5 heteroatoms. The highest BCUT2D eigenvalue weighted by Gasteiger charge is 2.06. The molecule has 2 amide bonds. The van der Waals surface area contributed by atoms with E-state index in [1.807, 2.05) is 5.32 Å². The Morgan fingerprint density at radius 1 is 0.786 bits per heavy atom. The molecule has 1 heterocycles. The maximum Gasteiger partial charge on any atom is 0.250 e. The number of aliphatic hydroxyl groups is 1. The molecular weight excluding hydrogens is 352 g/mol. The Balaban J connectivity index is 0.000000236. The number of nitrogens with two attached hydrogens (primary N) is 1. The summed E-state index contributed by atoms with van der Waals surface area (Å²) in [6.45, 7) is 2.98. The van der Waals surface area contributed by atoms with E-state index < -0.39 is 0 Å². The van der Waals surface area contributed by atoms with Crippen LogP contribution in [0.5, 0.6) is 0 Å². The minimum absolute atomic E-state index is 0.329. The van der Waals surface area contributed by atoms with Crippen LogP contribution >= 0.6 is 0 Å². The van der Waals surface area contributed by atoms with E-state index >= 15 is 0 Å². The first-order valence-corrected chi connectivity index (χ1v) is 9.19. The van der Waals surface area contributed by atoms with E-state index in [4.69, 9.17) is 10.8 Å². The van der Waals surface area contributed by atoms with Gasteiger partial charge in [0.25, 0.3) is 11.8 Å². The van der Waals surface area contributed by atoms with Crippen LogP contribution in [0.3, 0.4) is 0 Å². The highest BCUT2D eigenvalue weighted by Crippen LogP contribution is 2.21. The van der Waals surface area contributed by atoms with Crippen LogP contribution in [0.4, 0.5) is 0 Å². The molecule has 1 aliphatic heterocycles. The van der Waals surface area contributed by atoms with Gasteiger partial charge in [0.2, 0.25) is 0 Å². The molecule has 0 saturated heterocycles. The number of fused-ring (bicyclic) bond motifs is 2. The minimum atomic E-state index is -0.329. The molecular formula is C23H28N2O3. The molecule has 0 unspecified atom stereocenters. The van der Waals surface area contributed by atoms with Gasteiger partial charge in [-0.05, 0) is 46.6 Å². The van der Waals surface area contributed by atoms with E-state index in [2.05, 4.69) is 67.6 Å². The average molecular weight is 380 g/mol. The van der Waals surface area contributed by atoms with Crippen LogP contribution in [0.15, 0.2) is 72.8 Å². The Labute approximate surface area is 165 Å². The molecule has 0 bridgehead atoms. The number of benzene rings is 3. The first kappa shape index (κ1) is 23.0. The first-order valence-electron chi connectivity index (χ1n) is 9.19. The van der Waals surface area contributed by atoms with Gasteiger partial charge in [-0.25, -0.2) is 0 Å². The fourth-order valence-electron chi connectivity index (χ4n) is 2.44. The molecule has 0 aromatic heterocycles. The maximum atomic E-state index is 10.0. The number of hydrogen-bond acceptors (Lipinski definition) is 4. The summed E-state index contributed by atoms with van der Waals surface area (Å²) in [6, 6.07) is 21.4. The molecule has 148 valence electrons. The van der Waals surface area contributed by atoms with Gasteiger partial charge in [0.05, 0.1) is 0 Å². The Bertz CT molecular complexity index is 797. The quantitative estimate of drug-likeness (QED) is 0.468. The summed E-state index contributed by atoms with van der Waals surface area (Å²) in [5, 5.41) is 14.3. The SMILES string of the molecule is CCCCN.CO.O=C1C=CC(=O)N1.c1ccc2cc3ccccc3cc2c1. The summed E-state index contributed by atoms with van der Waals surface area (Å²) in [4.78, 5) is 20.1. The van der Waals surface area contributed by atoms with E-state index in [1.165, 1.54) is 46.5 Å². The molecule has 0 radical (unpaired) electrons. The van der Waals surface area contributed by atoms with Gasteiger partial charge in [-0.2, -0.15) is 0 Å². The van der Waals surface area contributed by atoms with Crippen LogP contribution in [-0.2, 0) is 9.59 Å². The Kier molecular flexibility index (Phi) is 10.8. The maximum absolute atomic E-state index is 10.0. The molecule has 0 aliphatic carbocycles. The van der Waals surface area contributed by atoms with Crippen molar-refractivity contribution in [2.45, 2.75) is 19.8 Å². The fraction of sp³-hybridized carbons (Fsp3) is 0.217. The lowest BCUT2D eigenvalue weighted by molar-refractivity contribution is -0.123. The average Bonchev–Trinajstić information content (AvgIpc) is 3.12. The molecule has 0 atom stereocenters. The molecule has 3 aromatic rings. The number of rotatable bonds is 2. The van der Waals surface area contributed by atoms with Gasteiger partial charge in [-0.3, -0.25) is 14.9 Å². The van der Waals surface area contributed by atoms with Crippen LogP contribution in [0, 0.1) is 0 Å². The molecule has 4 rings (SSSR count). The summed E-state index contributed by atoms with van der Waals surface area (Å²) < 4.78 is 0. The number of aliphatic hydroxyl groups excluding tert-OH is 1. The highest BCUT2D eigenvalue weighted by atomic mass is 16.2. The third kappa shape index (κ3) is 7.70. The molecule has 5 nitrogen and oxygen atoms in total. The van der Waals surface area contributed by atoms with Crippen LogP contribution in [0.1, 0.15) is 19.8 Å².